The first-order valence-electron chi connectivity index (χ1n) is 17.6. The Kier molecular flexibility index (Phi) is 12.4. The number of nitrogens with zero attached hydrogens (tertiary/aromatic N) is 2. The summed E-state index contributed by atoms with van der Waals surface area (Å²) >= 11 is 16.5. The van der Waals surface area contributed by atoms with E-state index in [1.54, 1.807) is 30.3 Å². The lowest BCUT2D eigenvalue weighted by molar-refractivity contribution is 0.0122. The highest BCUT2D eigenvalue weighted by Gasteiger charge is 2.46. The molecule has 3 atom stereocenters. The molecule has 3 fully saturated rings. The zero-order valence-corrected chi connectivity index (χ0v) is 31.6. The molecule has 0 N–H and O–H groups in total. The Balaban J connectivity index is 1.00. The molecule has 7 nitrogen and oxygen atoms in total. The zero-order valence-electron chi connectivity index (χ0n) is 27.7. The Morgan fingerprint density at radius 1 is 1.00 bits per heavy atom. The highest BCUT2D eigenvalue weighted by molar-refractivity contribution is 9.09. The number of unbranched alkanes of at least 4 members (excludes halogenated alkanes) is 7. The zero-order chi connectivity index (χ0) is 34.5. The SMILES string of the molecule is O=C(CS(=O)(=O)CCCCCCCCCCBr)c1ccc(N2C[C@@H]3C[C@H]2C[C@H]3OCc2c(-c3c(Cl)cccc3Cl)noc2C2CC2)c(F)c1. The number of piperidine rings is 1. The minimum absolute atomic E-state index is 0.00369. The van der Waals surface area contributed by atoms with Crippen LogP contribution in [0.3, 0.4) is 0 Å². The molecule has 1 saturated heterocycles. The topological polar surface area (TPSA) is 89.7 Å². The second-order valence-electron chi connectivity index (χ2n) is 13.8. The van der Waals surface area contributed by atoms with Crippen molar-refractivity contribution in [1.29, 1.82) is 0 Å². The van der Waals surface area contributed by atoms with Crippen molar-refractivity contribution in [3.63, 3.8) is 0 Å². The second-order valence-corrected chi connectivity index (χ2v) is 17.6. The van der Waals surface area contributed by atoms with Gasteiger partial charge in [0.05, 0.1) is 34.2 Å². The molecule has 0 amide bonds. The lowest BCUT2D eigenvalue weighted by atomic mass is 10.0. The van der Waals surface area contributed by atoms with E-state index in [-0.39, 0.29) is 29.4 Å². The van der Waals surface area contributed by atoms with Crippen LogP contribution in [-0.2, 0) is 21.2 Å². The van der Waals surface area contributed by atoms with Crippen LogP contribution in [0, 0.1) is 11.7 Å². The van der Waals surface area contributed by atoms with Crippen molar-refractivity contribution in [3.05, 3.63) is 69.1 Å². The number of fused-ring (bicyclic) bond motifs is 2. The molecule has 3 aromatic rings. The Morgan fingerprint density at radius 2 is 1.69 bits per heavy atom. The third kappa shape index (κ3) is 9.09. The van der Waals surface area contributed by atoms with Crippen molar-refractivity contribution >= 4 is 60.4 Å². The molecule has 12 heteroatoms. The molecule has 6 rings (SSSR count). The average Bonchev–Trinajstić information content (AvgIpc) is 3.52. The van der Waals surface area contributed by atoms with E-state index in [0.717, 1.165) is 61.6 Å². The number of anilines is 1. The van der Waals surface area contributed by atoms with Crippen LogP contribution in [0.25, 0.3) is 11.3 Å². The molecular formula is C37H44BrCl2FN2O5S. The Hall–Kier alpha value is -1.98. The number of hydrogen-bond acceptors (Lipinski definition) is 7. The van der Waals surface area contributed by atoms with E-state index in [1.165, 1.54) is 31.7 Å². The van der Waals surface area contributed by atoms with E-state index in [0.29, 0.717) is 52.5 Å². The van der Waals surface area contributed by atoms with Crippen molar-refractivity contribution in [1.82, 2.24) is 5.16 Å². The third-order valence-electron chi connectivity index (χ3n) is 10.2. The van der Waals surface area contributed by atoms with Crippen LogP contribution < -0.4 is 4.90 Å². The molecule has 2 bridgehead atoms. The number of aromatic nitrogens is 1. The van der Waals surface area contributed by atoms with Gasteiger partial charge in [0.2, 0.25) is 0 Å². The molecule has 2 saturated carbocycles. The van der Waals surface area contributed by atoms with Gasteiger partial charge >= 0.3 is 0 Å². The van der Waals surface area contributed by atoms with Crippen LogP contribution in [0.2, 0.25) is 10.0 Å². The summed E-state index contributed by atoms with van der Waals surface area (Å²) in [5, 5.41) is 6.41. The Labute approximate surface area is 307 Å². The van der Waals surface area contributed by atoms with Crippen molar-refractivity contribution in [2.45, 2.75) is 102 Å². The summed E-state index contributed by atoms with van der Waals surface area (Å²) < 4.78 is 53.0. The smallest absolute Gasteiger partial charge is 0.177 e. The number of ketones is 1. The number of carbonyl (C=O) groups excluding carboxylic acids is 1. The maximum absolute atomic E-state index is 15.5. The van der Waals surface area contributed by atoms with Gasteiger partial charge < -0.3 is 14.2 Å². The van der Waals surface area contributed by atoms with Gasteiger partial charge in [-0.1, -0.05) is 88.9 Å². The normalized spacial score (nSPS) is 20.4. The largest absolute Gasteiger partial charge is 0.373 e. The van der Waals surface area contributed by atoms with E-state index in [1.807, 2.05) is 0 Å². The molecule has 0 radical (unpaired) electrons. The highest BCUT2D eigenvalue weighted by atomic mass is 79.9. The van der Waals surface area contributed by atoms with Gasteiger partial charge in [-0.25, -0.2) is 12.8 Å². The lowest BCUT2D eigenvalue weighted by Gasteiger charge is -2.33. The van der Waals surface area contributed by atoms with Crippen LogP contribution in [0.1, 0.15) is 105 Å². The molecule has 2 aromatic carbocycles. The first-order valence-corrected chi connectivity index (χ1v) is 21.2. The van der Waals surface area contributed by atoms with Crippen LogP contribution in [0.15, 0.2) is 40.9 Å². The van der Waals surface area contributed by atoms with Gasteiger partial charge in [-0.05, 0) is 68.9 Å². The minimum atomic E-state index is -3.56. The number of hydrogen-bond donors (Lipinski definition) is 0. The molecule has 49 heavy (non-hydrogen) atoms. The number of benzene rings is 2. The molecule has 0 spiro atoms. The predicted molar refractivity (Wildman–Crippen MR) is 196 cm³/mol. The van der Waals surface area contributed by atoms with Crippen molar-refractivity contribution in [3.8, 4) is 11.3 Å². The number of alkyl halides is 1. The minimum Gasteiger partial charge on any atom is -0.373 e. The molecule has 3 aliphatic rings. The van der Waals surface area contributed by atoms with E-state index in [2.05, 4.69) is 26.0 Å². The molecule has 1 aliphatic heterocycles. The molecule has 266 valence electrons. The predicted octanol–water partition coefficient (Wildman–Crippen LogP) is 9.96. The number of halogens is 4. The Bertz CT molecular complexity index is 1710. The molecular weight excluding hydrogens is 754 g/mol. The molecule has 1 aromatic heterocycles. The van der Waals surface area contributed by atoms with Crippen LogP contribution in [0.4, 0.5) is 10.1 Å². The maximum atomic E-state index is 15.5. The van der Waals surface area contributed by atoms with E-state index >= 15 is 4.39 Å². The Morgan fingerprint density at radius 3 is 2.33 bits per heavy atom. The van der Waals surface area contributed by atoms with Gasteiger partial charge in [0.25, 0.3) is 0 Å². The van der Waals surface area contributed by atoms with Gasteiger partial charge in [0.15, 0.2) is 15.6 Å². The average molecular weight is 799 g/mol. The first kappa shape index (κ1) is 36.8. The second kappa shape index (κ2) is 16.6. The van der Waals surface area contributed by atoms with Crippen LogP contribution in [0.5, 0.6) is 0 Å². The van der Waals surface area contributed by atoms with Gasteiger partial charge in [-0.15, -0.1) is 0 Å². The van der Waals surface area contributed by atoms with Gasteiger partial charge in [0, 0.05) is 46.4 Å². The quantitative estimate of drug-likeness (QED) is 0.0678. The summed E-state index contributed by atoms with van der Waals surface area (Å²) in [6.07, 6.45) is 12.0. The van der Waals surface area contributed by atoms with E-state index in [4.69, 9.17) is 32.5 Å². The molecule has 2 aliphatic carbocycles. The molecule has 0 unspecified atom stereocenters. The van der Waals surface area contributed by atoms with Gasteiger partial charge in [-0.2, -0.15) is 0 Å². The highest BCUT2D eigenvalue weighted by Crippen LogP contribution is 2.47. The maximum Gasteiger partial charge on any atom is 0.177 e. The number of ether oxygens (including phenoxy) is 1. The summed E-state index contributed by atoms with van der Waals surface area (Å²) in [5.41, 5.74) is 2.68. The summed E-state index contributed by atoms with van der Waals surface area (Å²) in [4.78, 5) is 14.9. The summed E-state index contributed by atoms with van der Waals surface area (Å²) in [6.45, 7) is 0.957. The fourth-order valence-corrected chi connectivity index (χ4v) is 9.72. The van der Waals surface area contributed by atoms with Crippen molar-refractivity contribution in [2.75, 3.05) is 28.3 Å². The first-order chi connectivity index (χ1) is 23.6. The number of carbonyl (C=O) groups is 1. The van der Waals surface area contributed by atoms with Crippen molar-refractivity contribution in [2.24, 2.45) is 5.92 Å². The standard InChI is InChI=1S/C37H44BrCl2FN2O5S/c38-16-7-5-3-1-2-4-6-8-17-49(45,46)23-33(44)25-14-15-32(31(41)19-25)43-21-26-18-27(43)20-34(26)47-22-28-36(42-48-37(28)24-12-13-24)35-29(39)10-9-11-30(35)40/h9-11,14-15,19,24,26-27,34H,1-8,12-13,16-18,20-23H2/t26-,27-,34+/m0/s1. The van der Waals surface area contributed by atoms with Gasteiger partial charge in [-0.3, -0.25) is 4.79 Å². The van der Waals surface area contributed by atoms with E-state index < -0.39 is 27.2 Å². The van der Waals surface area contributed by atoms with E-state index in [9.17, 15) is 13.2 Å². The number of rotatable bonds is 19. The summed E-state index contributed by atoms with van der Waals surface area (Å²) in [6, 6.07) is 9.82. The van der Waals surface area contributed by atoms with Crippen molar-refractivity contribution < 1.29 is 26.9 Å². The lowest BCUT2D eigenvalue weighted by Crippen LogP contribution is -2.39. The number of Topliss-reactive ketones (excluding diaryl/α,β-unsaturated/α-hetero) is 1. The summed E-state index contributed by atoms with van der Waals surface area (Å²) in [5.74, 6) is -0.306. The van der Waals surface area contributed by atoms with Crippen LogP contribution >= 0.6 is 39.1 Å². The fourth-order valence-electron chi connectivity index (χ4n) is 7.39. The van der Waals surface area contributed by atoms with Gasteiger partial charge in [0.1, 0.15) is 23.0 Å². The van der Waals surface area contributed by atoms with Crippen LogP contribution in [-0.4, -0.2) is 54.9 Å². The number of sulfone groups is 1. The fraction of sp³-hybridized carbons (Fsp3) is 0.568. The summed E-state index contributed by atoms with van der Waals surface area (Å²) in [7, 11) is -3.56. The third-order valence-corrected chi connectivity index (χ3v) is 13.0. The molecule has 2 heterocycles. The monoisotopic (exact) mass is 796 g/mol.